The van der Waals surface area contributed by atoms with Crippen molar-refractivity contribution in [3.63, 3.8) is 0 Å². The van der Waals surface area contributed by atoms with E-state index in [1.807, 2.05) is 24.3 Å². The van der Waals surface area contributed by atoms with Crippen molar-refractivity contribution in [3.8, 4) is 5.75 Å². The van der Waals surface area contributed by atoms with E-state index in [4.69, 9.17) is 4.74 Å². The molecule has 0 aliphatic rings. The summed E-state index contributed by atoms with van der Waals surface area (Å²) in [4.78, 5) is 0. The SMILES string of the molecule is Cc1cccc(NCc2cc(Br)cc(Br)c2OCc2ccccc2)c1C. The van der Waals surface area contributed by atoms with Gasteiger partial charge in [-0.25, -0.2) is 0 Å². The van der Waals surface area contributed by atoms with E-state index in [2.05, 4.69) is 87.4 Å². The first kappa shape index (κ1) is 19.0. The van der Waals surface area contributed by atoms with Crippen LogP contribution in [0.4, 0.5) is 5.69 Å². The fourth-order valence-electron chi connectivity index (χ4n) is 2.77. The zero-order chi connectivity index (χ0) is 18.5. The standard InChI is InChI=1S/C22H21Br2NO/c1-15-7-6-10-21(16(15)2)25-13-18-11-19(23)12-20(24)22(18)26-14-17-8-4-3-5-9-17/h3-12,25H,13-14H2,1-2H3. The zero-order valence-corrected chi connectivity index (χ0v) is 18.0. The molecule has 0 heterocycles. The molecule has 0 aliphatic heterocycles. The van der Waals surface area contributed by atoms with E-state index in [0.717, 1.165) is 31.5 Å². The minimum Gasteiger partial charge on any atom is -0.487 e. The first-order chi connectivity index (χ1) is 12.5. The average molecular weight is 475 g/mol. The third-order valence-corrected chi connectivity index (χ3v) is 5.43. The molecule has 134 valence electrons. The van der Waals surface area contributed by atoms with Gasteiger partial charge in [0, 0.05) is 22.3 Å². The van der Waals surface area contributed by atoms with Gasteiger partial charge in [-0.1, -0.05) is 58.4 Å². The lowest BCUT2D eigenvalue weighted by Gasteiger charge is -2.17. The molecular formula is C22H21Br2NO. The highest BCUT2D eigenvalue weighted by molar-refractivity contribution is 9.11. The molecule has 0 amide bonds. The van der Waals surface area contributed by atoms with Crippen LogP contribution in [-0.4, -0.2) is 0 Å². The summed E-state index contributed by atoms with van der Waals surface area (Å²) in [5, 5.41) is 3.54. The summed E-state index contributed by atoms with van der Waals surface area (Å²) in [6, 6.07) is 20.6. The molecule has 3 rings (SSSR count). The predicted octanol–water partition coefficient (Wildman–Crippen LogP) is 7.02. The Balaban J connectivity index is 1.80. The second-order valence-corrected chi connectivity index (χ2v) is 8.02. The van der Waals surface area contributed by atoms with Gasteiger partial charge in [-0.3, -0.25) is 0 Å². The van der Waals surface area contributed by atoms with E-state index < -0.39 is 0 Å². The maximum absolute atomic E-state index is 6.14. The lowest BCUT2D eigenvalue weighted by atomic mass is 10.1. The number of ether oxygens (including phenoxy) is 1. The first-order valence-electron chi connectivity index (χ1n) is 8.49. The van der Waals surface area contributed by atoms with Crippen molar-refractivity contribution in [2.24, 2.45) is 0 Å². The summed E-state index contributed by atoms with van der Waals surface area (Å²) in [5.41, 5.74) is 5.95. The van der Waals surface area contributed by atoms with Crippen molar-refractivity contribution in [2.45, 2.75) is 27.0 Å². The molecule has 0 radical (unpaired) electrons. The molecule has 0 unspecified atom stereocenters. The number of benzene rings is 3. The zero-order valence-electron chi connectivity index (χ0n) is 14.9. The van der Waals surface area contributed by atoms with Crippen LogP contribution >= 0.6 is 31.9 Å². The topological polar surface area (TPSA) is 21.3 Å². The van der Waals surface area contributed by atoms with Gasteiger partial charge < -0.3 is 10.1 Å². The molecule has 2 nitrogen and oxygen atoms in total. The maximum Gasteiger partial charge on any atom is 0.139 e. The van der Waals surface area contributed by atoms with Crippen molar-refractivity contribution in [1.29, 1.82) is 0 Å². The fourth-order valence-corrected chi connectivity index (χ4v) is 4.20. The van der Waals surface area contributed by atoms with Gasteiger partial charge >= 0.3 is 0 Å². The lowest BCUT2D eigenvalue weighted by molar-refractivity contribution is 0.301. The molecule has 0 spiro atoms. The van der Waals surface area contributed by atoms with Gasteiger partial charge in [0.2, 0.25) is 0 Å². The largest absolute Gasteiger partial charge is 0.487 e. The van der Waals surface area contributed by atoms with Gasteiger partial charge in [0.1, 0.15) is 12.4 Å². The van der Waals surface area contributed by atoms with Gasteiger partial charge in [-0.2, -0.15) is 0 Å². The van der Waals surface area contributed by atoms with Crippen LogP contribution in [0.2, 0.25) is 0 Å². The molecular weight excluding hydrogens is 454 g/mol. The third-order valence-electron chi connectivity index (χ3n) is 4.39. The molecule has 4 heteroatoms. The first-order valence-corrected chi connectivity index (χ1v) is 10.1. The van der Waals surface area contributed by atoms with Crippen LogP contribution < -0.4 is 10.1 Å². The van der Waals surface area contributed by atoms with E-state index in [0.29, 0.717) is 13.2 Å². The lowest BCUT2D eigenvalue weighted by Crippen LogP contribution is -2.06. The number of halogens is 2. The Morgan fingerprint density at radius 2 is 1.69 bits per heavy atom. The minimum atomic E-state index is 0.539. The number of rotatable bonds is 6. The molecule has 0 bridgehead atoms. The molecule has 3 aromatic carbocycles. The van der Waals surface area contributed by atoms with Gasteiger partial charge in [0.15, 0.2) is 0 Å². The Morgan fingerprint density at radius 3 is 2.46 bits per heavy atom. The Kier molecular flexibility index (Phi) is 6.38. The summed E-state index contributed by atoms with van der Waals surface area (Å²) >= 11 is 7.22. The van der Waals surface area contributed by atoms with Crippen LogP contribution in [0, 0.1) is 13.8 Å². The van der Waals surface area contributed by atoms with Crippen molar-refractivity contribution < 1.29 is 4.74 Å². The maximum atomic E-state index is 6.14. The smallest absolute Gasteiger partial charge is 0.139 e. The van der Waals surface area contributed by atoms with E-state index in [9.17, 15) is 0 Å². The molecule has 3 aromatic rings. The van der Waals surface area contributed by atoms with Gasteiger partial charge in [-0.05, 0) is 64.7 Å². The van der Waals surface area contributed by atoms with E-state index in [-0.39, 0.29) is 0 Å². The second kappa shape index (κ2) is 8.74. The van der Waals surface area contributed by atoms with Gasteiger partial charge in [0.25, 0.3) is 0 Å². The van der Waals surface area contributed by atoms with E-state index in [1.165, 1.54) is 11.1 Å². The molecule has 0 aromatic heterocycles. The average Bonchev–Trinajstić information content (AvgIpc) is 2.63. The van der Waals surface area contributed by atoms with Crippen LogP contribution in [-0.2, 0) is 13.2 Å². The fraction of sp³-hybridized carbons (Fsp3) is 0.182. The molecule has 0 saturated heterocycles. The van der Waals surface area contributed by atoms with Crippen molar-refractivity contribution in [2.75, 3.05) is 5.32 Å². The monoisotopic (exact) mass is 473 g/mol. The number of nitrogens with one attached hydrogen (secondary N) is 1. The highest BCUT2D eigenvalue weighted by atomic mass is 79.9. The van der Waals surface area contributed by atoms with Crippen LogP contribution in [0.1, 0.15) is 22.3 Å². The Bertz CT molecular complexity index is 894. The molecule has 26 heavy (non-hydrogen) atoms. The molecule has 0 saturated carbocycles. The summed E-state index contributed by atoms with van der Waals surface area (Å²) in [7, 11) is 0. The van der Waals surface area contributed by atoms with E-state index in [1.54, 1.807) is 0 Å². The normalized spacial score (nSPS) is 10.6. The summed E-state index contributed by atoms with van der Waals surface area (Å²) < 4.78 is 8.11. The summed E-state index contributed by atoms with van der Waals surface area (Å²) in [6.45, 7) is 5.50. The summed E-state index contributed by atoms with van der Waals surface area (Å²) in [5.74, 6) is 0.870. The Hall–Kier alpha value is -1.78. The van der Waals surface area contributed by atoms with Crippen LogP contribution in [0.25, 0.3) is 0 Å². The molecule has 0 atom stereocenters. The second-order valence-electron chi connectivity index (χ2n) is 6.25. The number of hydrogen-bond donors (Lipinski definition) is 1. The van der Waals surface area contributed by atoms with E-state index >= 15 is 0 Å². The highest BCUT2D eigenvalue weighted by Crippen LogP contribution is 2.34. The summed E-state index contributed by atoms with van der Waals surface area (Å²) in [6.07, 6.45) is 0. The van der Waals surface area contributed by atoms with Crippen molar-refractivity contribution in [3.05, 3.63) is 91.9 Å². The Labute approximate surface area is 171 Å². The van der Waals surface area contributed by atoms with Crippen LogP contribution in [0.3, 0.4) is 0 Å². The van der Waals surface area contributed by atoms with Crippen molar-refractivity contribution in [1.82, 2.24) is 0 Å². The quantitative estimate of drug-likeness (QED) is 0.414. The number of anilines is 1. The number of hydrogen-bond acceptors (Lipinski definition) is 2. The molecule has 0 aliphatic carbocycles. The molecule has 0 fully saturated rings. The van der Waals surface area contributed by atoms with Crippen LogP contribution in [0.15, 0.2) is 69.6 Å². The Morgan fingerprint density at radius 1 is 0.923 bits per heavy atom. The highest BCUT2D eigenvalue weighted by Gasteiger charge is 2.11. The number of aryl methyl sites for hydroxylation is 1. The minimum absolute atomic E-state index is 0.539. The predicted molar refractivity (Wildman–Crippen MR) is 116 cm³/mol. The van der Waals surface area contributed by atoms with Crippen molar-refractivity contribution >= 4 is 37.5 Å². The van der Waals surface area contributed by atoms with Gasteiger partial charge in [0.05, 0.1) is 4.47 Å². The molecule has 1 N–H and O–H groups in total. The van der Waals surface area contributed by atoms with Gasteiger partial charge in [-0.15, -0.1) is 0 Å². The third kappa shape index (κ3) is 4.68. The van der Waals surface area contributed by atoms with Crippen LogP contribution in [0.5, 0.6) is 5.75 Å².